The highest BCUT2D eigenvalue weighted by Gasteiger charge is 2.22. The molecular weight excluding hydrogens is 266 g/mol. The summed E-state index contributed by atoms with van der Waals surface area (Å²) in [7, 11) is 0. The molecule has 2 nitrogen and oxygen atoms in total. The molecule has 0 saturated heterocycles. The Labute approximate surface area is 129 Å². The monoisotopic (exact) mass is 297 g/mol. The van der Waals surface area contributed by atoms with Crippen molar-refractivity contribution in [2.75, 3.05) is 6.54 Å². The lowest BCUT2D eigenvalue weighted by Crippen LogP contribution is -2.25. The number of amides is 1. The Morgan fingerprint density at radius 2 is 1.75 bits per heavy atom. The SMILES string of the molecule is CC.CC.CCCNC(=O)c1c(C)sc2c1CCCC2. The largest absolute Gasteiger partial charge is 0.352 e. The minimum atomic E-state index is 0.138. The van der Waals surface area contributed by atoms with Gasteiger partial charge in [0, 0.05) is 16.3 Å². The second kappa shape index (κ2) is 10.9. The number of fused-ring (bicyclic) bond motifs is 1. The van der Waals surface area contributed by atoms with E-state index < -0.39 is 0 Å². The highest BCUT2D eigenvalue weighted by atomic mass is 32.1. The Morgan fingerprint density at radius 3 is 2.35 bits per heavy atom. The molecule has 1 N–H and O–H groups in total. The topological polar surface area (TPSA) is 29.1 Å². The van der Waals surface area contributed by atoms with Gasteiger partial charge in [-0.15, -0.1) is 11.3 Å². The summed E-state index contributed by atoms with van der Waals surface area (Å²) >= 11 is 1.82. The lowest BCUT2D eigenvalue weighted by Gasteiger charge is -2.12. The lowest BCUT2D eigenvalue weighted by atomic mass is 9.94. The van der Waals surface area contributed by atoms with Crippen LogP contribution in [0.4, 0.5) is 0 Å². The van der Waals surface area contributed by atoms with Gasteiger partial charge in [0.25, 0.3) is 5.91 Å². The molecule has 0 unspecified atom stereocenters. The maximum atomic E-state index is 12.1. The Morgan fingerprint density at radius 1 is 1.15 bits per heavy atom. The first-order valence-electron chi connectivity index (χ1n) is 8.13. The normalized spacial score (nSPS) is 12.3. The summed E-state index contributed by atoms with van der Waals surface area (Å²) in [4.78, 5) is 14.7. The van der Waals surface area contributed by atoms with Gasteiger partial charge >= 0.3 is 0 Å². The predicted octanol–water partition coefficient (Wildman–Crippen LogP) is 5.13. The zero-order valence-corrected chi connectivity index (χ0v) is 14.9. The molecule has 1 aromatic rings. The van der Waals surface area contributed by atoms with Gasteiger partial charge in [0.1, 0.15) is 0 Å². The maximum Gasteiger partial charge on any atom is 0.252 e. The summed E-state index contributed by atoms with van der Waals surface area (Å²) in [6, 6.07) is 0. The van der Waals surface area contributed by atoms with Crippen LogP contribution >= 0.6 is 11.3 Å². The summed E-state index contributed by atoms with van der Waals surface area (Å²) in [6.45, 7) is 12.9. The smallest absolute Gasteiger partial charge is 0.252 e. The average molecular weight is 298 g/mol. The summed E-state index contributed by atoms with van der Waals surface area (Å²) in [5.74, 6) is 0.138. The van der Waals surface area contributed by atoms with Crippen LogP contribution in [0, 0.1) is 6.92 Å². The van der Waals surface area contributed by atoms with Crippen LogP contribution in [-0.4, -0.2) is 12.5 Å². The first kappa shape index (κ1) is 19.2. The van der Waals surface area contributed by atoms with E-state index in [1.165, 1.54) is 34.6 Å². The fourth-order valence-electron chi connectivity index (χ4n) is 2.33. The molecule has 0 saturated carbocycles. The lowest BCUT2D eigenvalue weighted by molar-refractivity contribution is 0.0952. The van der Waals surface area contributed by atoms with E-state index in [2.05, 4.69) is 19.2 Å². The molecule has 1 amide bonds. The molecule has 0 radical (unpaired) electrons. The molecule has 20 heavy (non-hydrogen) atoms. The second-order valence-electron chi connectivity index (χ2n) is 4.40. The van der Waals surface area contributed by atoms with Crippen molar-refractivity contribution in [3.8, 4) is 0 Å². The zero-order chi connectivity index (χ0) is 15.5. The summed E-state index contributed by atoms with van der Waals surface area (Å²) in [6.07, 6.45) is 5.77. The van der Waals surface area contributed by atoms with Crippen molar-refractivity contribution in [3.05, 3.63) is 20.9 Å². The first-order valence-corrected chi connectivity index (χ1v) is 8.95. The number of carbonyl (C=O) groups excluding carboxylic acids is 1. The van der Waals surface area contributed by atoms with Crippen LogP contribution in [-0.2, 0) is 12.8 Å². The molecule has 1 aliphatic rings. The standard InChI is InChI=1S/C13H19NOS.2C2H6/c1-3-8-14-13(15)12-9(2)16-11-7-5-4-6-10(11)12;2*1-2/h3-8H2,1-2H3,(H,14,15);2*1-2H3. The van der Waals surface area contributed by atoms with Crippen molar-refractivity contribution < 1.29 is 4.79 Å². The van der Waals surface area contributed by atoms with Gasteiger partial charge in [-0.3, -0.25) is 4.79 Å². The summed E-state index contributed by atoms with van der Waals surface area (Å²) in [5.41, 5.74) is 2.32. The number of rotatable bonds is 3. The van der Waals surface area contributed by atoms with Gasteiger partial charge < -0.3 is 5.32 Å². The van der Waals surface area contributed by atoms with Crippen LogP contribution in [0.3, 0.4) is 0 Å². The number of carbonyl (C=O) groups is 1. The molecule has 0 aromatic carbocycles. The fourth-order valence-corrected chi connectivity index (χ4v) is 3.59. The number of aryl methyl sites for hydroxylation is 2. The maximum absolute atomic E-state index is 12.1. The highest BCUT2D eigenvalue weighted by Crippen LogP contribution is 2.33. The molecule has 0 spiro atoms. The van der Waals surface area contributed by atoms with Gasteiger partial charge in [0.2, 0.25) is 0 Å². The second-order valence-corrected chi connectivity index (χ2v) is 5.71. The van der Waals surface area contributed by atoms with Crippen molar-refractivity contribution in [2.24, 2.45) is 0 Å². The van der Waals surface area contributed by atoms with Crippen molar-refractivity contribution in [2.45, 2.75) is 73.6 Å². The molecule has 1 heterocycles. The Kier molecular flexibility index (Phi) is 10.4. The van der Waals surface area contributed by atoms with E-state index in [0.717, 1.165) is 24.9 Å². The van der Waals surface area contributed by atoms with Crippen molar-refractivity contribution in [1.29, 1.82) is 0 Å². The van der Waals surface area contributed by atoms with E-state index in [1.54, 1.807) is 0 Å². The van der Waals surface area contributed by atoms with Gasteiger partial charge in [0.15, 0.2) is 0 Å². The minimum absolute atomic E-state index is 0.138. The van der Waals surface area contributed by atoms with E-state index in [-0.39, 0.29) is 5.91 Å². The van der Waals surface area contributed by atoms with Crippen LogP contribution < -0.4 is 5.32 Å². The number of nitrogens with one attached hydrogen (secondary N) is 1. The quantitative estimate of drug-likeness (QED) is 0.823. The van der Waals surface area contributed by atoms with E-state index in [1.807, 2.05) is 39.0 Å². The molecule has 0 bridgehead atoms. The molecule has 0 aliphatic heterocycles. The highest BCUT2D eigenvalue weighted by molar-refractivity contribution is 7.12. The van der Waals surface area contributed by atoms with Crippen molar-refractivity contribution in [1.82, 2.24) is 5.32 Å². The van der Waals surface area contributed by atoms with Crippen LogP contribution in [0.25, 0.3) is 0 Å². The number of thiophene rings is 1. The van der Waals surface area contributed by atoms with Gasteiger partial charge in [0.05, 0.1) is 5.56 Å². The van der Waals surface area contributed by atoms with E-state index in [9.17, 15) is 4.79 Å². The van der Waals surface area contributed by atoms with E-state index in [0.29, 0.717) is 0 Å². The van der Waals surface area contributed by atoms with Crippen LogP contribution in [0.1, 0.15) is 79.6 Å². The first-order chi connectivity index (χ1) is 9.74. The van der Waals surface area contributed by atoms with Crippen LogP contribution in [0.5, 0.6) is 0 Å². The number of hydrogen-bond acceptors (Lipinski definition) is 2. The number of hydrogen-bond donors (Lipinski definition) is 1. The minimum Gasteiger partial charge on any atom is -0.352 e. The van der Waals surface area contributed by atoms with E-state index >= 15 is 0 Å². The van der Waals surface area contributed by atoms with Crippen molar-refractivity contribution in [3.63, 3.8) is 0 Å². The third-order valence-corrected chi connectivity index (χ3v) is 4.32. The fraction of sp³-hybridized carbons (Fsp3) is 0.706. The molecule has 1 aromatic heterocycles. The Balaban J connectivity index is 0.000000829. The Bertz CT molecular complexity index is 396. The third-order valence-electron chi connectivity index (χ3n) is 3.11. The van der Waals surface area contributed by atoms with Crippen LogP contribution in [0.2, 0.25) is 0 Å². The van der Waals surface area contributed by atoms with Gasteiger partial charge in [-0.05, 0) is 44.6 Å². The van der Waals surface area contributed by atoms with E-state index in [4.69, 9.17) is 0 Å². The van der Waals surface area contributed by atoms with Gasteiger partial charge in [-0.1, -0.05) is 34.6 Å². The van der Waals surface area contributed by atoms with Gasteiger partial charge in [-0.2, -0.15) is 0 Å². The molecule has 0 fully saturated rings. The summed E-state index contributed by atoms with van der Waals surface area (Å²) < 4.78 is 0. The molecule has 0 atom stereocenters. The third kappa shape index (κ3) is 4.93. The zero-order valence-electron chi connectivity index (χ0n) is 14.1. The summed E-state index contributed by atoms with van der Waals surface area (Å²) in [5, 5.41) is 2.99. The van der Waals surface area contributed by atoms with Crippen molar-refractivity contribution >= 4 is 17.2 Å². The molecule has 3 heteroatoms. The molecule has 2 rings (SSSR count). The molecule has 1 aliphatic carbocycles. The predicted molar refractivity (Wildman–Crippen MR) is 91.0 cm³/mol. The molecular formula is C17H31NOS. The van der Waals surface area contributed by atoms with Gasteiger partial charge in [-0.25, -0.2) is 0 Å². The average Bonchev–Trinajstić information content (AvgIpc) is 2.84. The van der Waals surface area contributed by atoms with Crippen LogP contribution in [0.15, 0.2) is 0 Å². The Hall–Kier alpha value is -0.830. The molecule has 116 valence electrons.